The zero-order valence-electron chi connectivity index (χ0n) is 12.1. The molecule has 1 atom stereocenters. The SMILES string of the molecule is CCNC(Cc1c(F)cccc1F)c1cccc(C)c1Br. The van der Waals surface area contributed by atoms with Gasteiger partial charge in [-0.2, -0.15) is 0 Å². The lowest BCUT2D eigenvalue weighted by Crippen LogP contribution is -2.24. The molecule has 0 fully saturated rings. The zero-order chi connectivity index (χ0) is 15.4. The van der Waals surface area contributed by atoms with E-state index in [4.69, 9.17) is 0 Å². The Kier molecular flexibility index (Phi) is 5.48. The molecule has 0 spiro atoms. The van der Waals surface area contributed by atoms with Crippen molar-refractivity contribution in [3.63, 3.8) is 0 Å². The average Bonchev–Trinajstić information content (AvgIpc) is 2.45. The first kappa shape index (κ1) is 16.1. The summed E-state index contributed by atoms with van der Waals surface area (Å²) in [6, 6.07) is 9.77. The van der Waals surface area contributed by atoms with Crippen molar-refractivity contribution >= 4 is 15.9 Å². The van der Waals surface area contributed by atoms with Crippen LogP contribution in [0.15, 0.2) is 40.9 Å². The van der Waals surface area contributed by atoms with E-state index in [9.17, 15) is 8.78 Å². The summed E-state index contributed by atoms with van der Waals surface area (Å²) in [6.45, 7) is 4.70. The van der Waals surface area contributed by atoms with E-state index in [1.54, 1.807) is 0 Å². The van der Waals surface area contributed by atoms with Crippen LogP contribution in [0, 0.1) is 18.6 Å². The number of nitrogens with one attached hydrogen (secondary N) is 1. The molecule has 0 aromatic heterocycles. The summed E-state index contributed by atoms with van der Waals surface area (Å²) in [5.41, 5.74) is 2.24. The van der Waals surface area contributed by atoms with Gasteiger partial charge in [-0.05, 0) is 43.1 Å². The molecule has 112 valence electrons. The molecule has 0 saturated heterocycles. The molecular formula is C17H18BrF2N. The maximum absolute atomic E-state index is 13.9. The number of hydrogen-bond donors (Lipinski definition) is 1. The number of halogens is 3. The summed E-state index contributed by atoms with van der Waals surface area (Å²) in [6.07, 6.45) is 0.272. The predicted molar refractivity (Wildman–Crippen MR) is 85.4 cm³/mol. The van der Waals surface area contributed by atoms with Crippen molar-refractivity contribution < 1.29 is 8.78 Å². The molecule has 0 amide bonds. The highest BCUT2D eigenvalue weighted by Crippen LogP contribution is 2.30. The number of likely N-dealkylation sites (N-methyl/N-ethyl adjacent to an activating group) is 1. The highest BCUT2D eigenvalue weighted by atomic mass is 79.9. The van der Waals surface area contributed by atoms with Crippen LogP contribution >= 0.6 is 15.9 Å². The Bertz CT molecular complexity index is 608. The summed E-state index contributed by atoms with van der Waals surface area (Å²) in [5, 5.41) is 3.31. The van der Waals surface area contributed by atoms with Crippen LogP contribution in [-0.2, 0) is 6.42 Å². The molecule has 1 N–H and O–H groups in total. The van der Waals surface area contributed by atoms with Crippen molar-refractivity contribution in [1.29, 1.82) is 0 Å². The first-order valence-electron chi connectivity index (χ1n) is 6.95. The van der Waals surface area contributed by atoms with Gasteiger partial charge in [0.05, 0.1) is 0 Å². The van der Waals surface area contributed by atoms with E-state index in [2.05, 4.69) is 21.2 Å². The molecule has 0 aliphatic rings. The van der Waals surface area contributed by atoms with Crippen molar-refractivity contribution in [3.05, 3.63) is 69.2 Å². The van der Waals surface area contributed by atoms with Gasteiger partial charge < -0.3 is 5.32 Å². The minimum Gasteiger partial charge on any atom is -0.310 e. The van der Waals surface area contributed by atoms with Crippen molar-refractivity contribution in [3.8, 4) is 0 Å². The summed E-state index contributed by atoms with van der Waals surface area (Å²) in [4.78, 5) is 0. The fourth-order valence-corrected chi connectivity index (χ4v) is 2.95. The van der Waals surface area contributed by atoms with Gasteiger partial charge in [0.15, 0.2) is 0 Å². The molecule has 0 heterocycles. The smallest absolute Gasteiger partial charge is 0.129 e. The average molecular weight is 354 g/mol. The molecule has 0 aliphatic carbocycles. The van der Waals surface area contributed by atoms with Crippen LogP contribution in [0.25, 0.3) is 0 Å². The monoisotopic (exact) mass is 353 g/mol. The Hall–Kier alpha value is -1.26. The van der Waals surface area contributed by atoms with Gasteiger partial charge in [0.1, 0.15) is 11.6 Å². The van der Waals surface area contributed by atoms with Crippen molar-refractivity contribution in [2.75, 3.05) is 6.54 Å². The maximum Gasteiger partial charge on any atom is 0.129 e. The Morgan fingerprint density at radius 3 is 2.33 bits per heavy atom. The third kappa shape index (κ3) is 3.69. The van der Waals surface area contributed by atoms with E-state index in [1.165, 1.54) is 18.2 Å². The van der Waals surface area contributed by atoms with Crippen molar-refractivity contribution in [1.82, 2.24) is 5.32 Å². The van der Waals surface area contributed by atoms with Crippen molar-refractivity contribution in [2.45, 2.75) is 26.3 Å². The van der Waals surface area contributed by atoms with Gasteiger partial charge in [0.2, 0.25) is 0 Å². The van der Waals surface area contributed by atoms with E-state index >= 15 is 0 Å². The fourth-order valence-electron chi connectivity index (χ4n) is 2.41. The summed E-state index contributed by atoms with van der Waals surface area (Å²) < 4.78 is 28.7. The second-order valence-electron chi connectivity index (χ2n) is 4.99. The molecule has 4 heteroatoms. The lowest BCUT2D eigenvalue weighted by molar-refractivity contribution is 0.498. The Balaban J connectivity index is 2.38. The van der Waals surface area contributed by atoms with Gasteiger partial charge in [-0.3, -0.25) is 0 Å². The standard InChI is InChI=1S/C17H18BrF2N/c1-3-21-16(12-7-4-6-11(2)17(12)18)10-13-14(19)8-5-9-15(13)20/h4-9,16,21H,3,10H2,1-2H3. The van der Waals surface area contributed by atoms with E-state index in [-0.39, 0.29) is 18.0 Å². The van der Waals surface area contributed by atoms with E-state index in [0.717, 1.165) is 22.1 Å². The molecule has 0 aliphatic heterocycles. The van der Waals surface area contributed by atoms with Crippen molar-refractivity contribution in [2.24, 2.45) is 0 Å². The first-order chi connectivity index (χ1) is 10.0. The number of benzene rings is 2. The molecule has 0 radical (unpaired) electrons. The van der Waals surface area contributed by atoms with Crippen LogP contribution < -0.4 is 5.32 Å². The second kappa shape index (κ2) is 7.14. The molecule has 0 saturated carbocycles. The number of rotatable bonds is 5. The van der Waals surface area contributed by atoms with Crippen LogP contribution in [0.5, 0.6) is 0 Å². The minimum absolute atomic E-state index is 0.122. The topological polar surface area (TPSA) is 12.0 Å². The molecule has 0 bridgehead atoms. The molecule has 1 unspecified atom stereocenters. The quantitative estimate of drug-likeness (QED) is 0.803. The van der Waals surface area contributed by atoms with Gasteiger partial charge >= 0.3 is 0 Å². The minimum atomic E-state index is -0.498. The van der Waals surface area contributed by atoms with E-state index < -0.39 is 11.6 Å². The number of hydrogen-bond acceptors (Lipinski definition) is 1. The molecular weight excluding hydrogens is 336 g/mol. The molecule has 2 aromatic carbocycles. The highest BCUT2D eigenvalue weighted by Gasteiger charge is 2.19. The van der Waals surface area contributed by atoms with Gasteiger partial charge in [-0.1, -0.05) is 47.1 Å². The summed E-state index contributed by atoms with van der Waals surface area (Å²) in [5.74, 6) is -0.997. The van der Waals surface area contributed by atoms with Gasteiger partial charge in [0.25, 0.3) is 0 Å². The van der Waals surface area contributed by atoms with Gasteiger partial charge in [-0.15, -0.1) is 0 Å². The van der Waals surface area contributed by atoms with E-state index in [1.807, 2.05) is 32.0 Å². The third-order valence-electron chi connectivity index (χ3n) is 3.52. The second-order valence-corrected chi connectivity index (χ2v) is 5.79. The normalized spacial score (nSPS) is 12.4. The van der Waals surface area contributed by atoms with Crippen LogP contribution in [0.2, 0.25) is 0 Å². The summed E-state index contributed by atoms with van der Waals surface area (Å²) in [7, 11) is 0. The summed E-state index contributed by atoms with van der Waals surface area (Å²) >= 11 is 3.57. The predicted octanol–water partition coefficient (Wildman–Crippen LogP) is 4.93. The number of aryl methyl sites for hydroxylation is 1. The Morgan fingerprint density at radius 1 is 1.10 bits per heavy atom. The third-order valence-corrected chi connectivity index (χ3v) is 4.60. The molecule has 21 heavy (non-hydrogen) atoms. The highest BCUT2D eigenvalue weighted by molar-refractivity contribution is 9.10. The van der Waals surface area contributed by atoms with Crippen LogP contribution in [-0.4, -0.2) is 6.54 Å². The first-order valence-corrected chi connectivity index (χ1v) is 7.75. The molecule has 2 rings (SSSR count). The maximum atomic E-state index is 13.9. The van der Waals surface area contributed by atoms with Gasteiger partial charge in [-0.25, -0.2) is 8.78 Å². The van der Waals surface area contributed by atoms with Crippen LogP contribution in [0.1, 0.15) is 29.7 Å². The lowest BCUT2D eigenvalue weighted by atomic mass is 9.97. The van der Waals surface area contributed by atoms with Crippen LogP contribution in [0.3, 0.4) is 0 Å². The zero-order valence-corrected chi connectivity index (χ0v) is 13.7. The largest absolute Gasteiger partial charge is 0.310 e. The van der Waals surface area contributed by atoms with Crippen LogP contribution in [0.4, 0.5) is 8.78 Å². The van der Waals surface area contributed by atoms with E-state index in [0.29, 0.717) is 0 Å². The Labute approximate surface area is 132 Å². The Morgan fingerprint density at radius 2 is 1.71 bits per heavy atom. The molecule has 1 nitrogen and oxygen atoms in total. The fraction of sp³-hybridized carbons (Fsp3) is 0.294. The van der Waals surface area contributed by atoms with Gasteiger partial charge in [0, 0.05) is 16.1 Å². The molecule has 2 aromatic rings. The lowest BCUT2D eigenvalue weighted by Gasteiger charge is -2.21.